The van der Waals surface area contributed by atoms with Crippen LogP contribution in [0.2, 0.25) is 0 Å². The van der Waals surface area contributed by atoms with Gasteiger partial charge in [0, 0.05) is 19.1 Å². The molecule has 1 saturated carbocycles. The van der Waals surface area contributed by atoms with Gasteiger partial charge in [0.1, 0.15) is 0 Å². The van der Waals surface area contributed by atoms with Crippen LogP contribution in [0.5, 0.6) is 0 Å². The quantitative estimate of drug-likeness (QED) is 0.838. The van der Waals surface area contributed by atoms with E-state index in [0.29, 0.717) is 5.92 Å². The third-order valence-corrected chi connectivity index (χ3v) is 4.84. The van der Waals surface area contributed by atoms with Gasteiger partial charge in [-0.05, 0) is 18.8 Å². The van der Waals surface area contributed by atoms with Crippen LogP contribution in [0.15, 0.2) is 0 Å². The minimum atomic E-state index is -4.61. The summed E-state index contributed by atoms with van der Waals surface area (Å²) in [7, 11) is 0. The van der Waals surface area contributed by atoms with E-state index >= 15 is 0 Å². The molecule has 4 atom stereocenters. The summed E-state index contributed by atoms with van der Waals surface area (Å²) in [6, 6.07) is -0.603. The molecule has 1 aliphatic heterocycles. The Balaban J connectivity index is 2.01. The van der Waals surface area contributed by atoms with Crippen molar-refractivity contribution in [3.8, 4) is 0 Å². The fourth-order valence-electron chi connectivity index (χ4n) is 3.52. The Morgan fingerprint density at radius 3 is 2.45 bits per heavy atom. The van der Waals surface area contributed by atoms with Crippen LogP contribution in [-0.4, -0.2) is 47.3 Å². The van der Waals surface area contributed by atoms with E-state index in [1.54, 1.807) is 0 Å². The predicted molar refractivity (Wildman–Crippen MR) is 72.2 cm³/mol. The fourth-order valence-corrected chi connectivity index (χ4v) is 3.52. The number of nitrogens with zero attached hydrogens (tertiary/aromatic N) is 1. The number of likely N-dealkylation sites (tertiary alicyclic amines) is 1. The number of carboxylic acid groups (broad SMARTS) is 1. The Morgan fingerprint density at radius 1 is 1.27 bits per heavy atom. The van der Waals surface area contributed by atoms with Crippen molar-refractivity contribution in [1.82, 2.24) is 10.2 Å². The summed E-state index contributed by atoms with van der Waals surface area (Å²) in [5.41, 5.74) is 0. The number of rotatable bonds is 3. The van der Waals surface area contributed by atoms with E-state index in [0.717, 1.165) is 30.6 Å². The molecule has 0 aromatic heterocycles. The lowest BCUT2D eigenvalue weighted by Crippen LogP contribution is -2.45. The van der Waals surface area contributed by atoms with Crippen LogP contribution < -0.4 is 5.32 Å². The summed E-state index contributed by atoms with van der Waals surface area (Å²) in [5, 5.41) is 11.7. The van der Waals surface area contributed by atoms with Crippen LogP contribution in [0.4, 0.5) is 18.0 Å². The molecular formula is C14H21F3N2O3. The topological polar surface area (TPSA) is 69.6 Å². The van der Waals surface area contributed by atoms with Crippen LogP contribution in [0.1, 0.15) is 32.6 Å². The van der Waals surface area contributed by atoms with E-state index < -0.39 is 43.1 Å². The van der Waals surface area contributed by atoms with Gasteiger partial charge in [-0.25, -0.2) is 4.79 Å². The Bertz CT molecular complexity index is 442. The van der Waals surface area contributed by atoms with E-state index in [1.807, 2.05) is 6.92 Å². The largest absolute Gasteiger partial charge is 0.481 e. The summed E-state index contributed by atoms with van der Waals surface area (Å²) < 4.78 is 38.7. The molecule has 5 nitrogen and oxygen atoms in total. The Labute approximate surface area is 126 Å². The second-order valence-corrected chi connectivity index (χ2v) is 6.15. The summed E-state index contributed by atoms with van der Waals surface area (Å²) in [5.74, 6) is -4.75. The maximum Gasteiger partial charge on any atom is 0.394 e. The van der Waals surface area contributed by atoms with Crippen LogP contribution in [-0.2, 0) is 4.79 Å². The van der Waals surface area contributed by atoms with Crippen LogP contribution in [0.25, 0.3) is 0 Å². The number of hydrogen-bond donors (Lipinski definition) is 2. The molecule has 2 amide bonds. The normalized spacial score (nSPS) is 32.3. The maximum absolute atomic E-state index is 12.9. The minimum absolute atomic E-state index is 0.0225. The molecule has 0 spiro atoms. The van der Waals surface area contributed by atoms with E-state index in [1.165, 1.54) is 0 Å². The lowest BCUT2D eigenvalue weighted by molar-refractivity contribution is -0.187. The number of carbonyl (C=O) groups excluding carboxylic acids is 1. The lowest BCUT2D eigenvalue weighted by atomic mass is 9.96. The molecule has 0 bridgehead atoms. The monoisotopic (exact) mass is 322 g/mol. The minimum Gasteiger partial charge on any atom is -0.481 e. The van der Waals surface area contributed by atoms with Gasteiger partial charge in [-0.2, -0.15) is 13.2 Å². The van der Waals surface area contributed by atoms with Gasteiger partial charge in [0.2, 0.25) is 0 Å². The number of carboxylic acids is 1. The molecule has 0 aromatic carbocycles. The van der Waals surface area contributed by atoms with Crippen molar-refractivity contribution in [3.05, 3.63) is 0 Å². The number of alkyl halides is 3. The summed E-state index contributed by atoms with van der Waals surface area (Å²) in [4.78, 5) is 24.2. The smallest absolute Gasteiger partial charge is 0.394 e. The standard InChI is InChI=1S/C14H21F3N2O3/c1-2-8-4-3-5-11(8)18-13(22)19-6-9(12(20)21)10(7-19)14(15,16)17/h8-11H,2-7H2,1H3,(H,18,22)(H,20,21)/t8?,9-,10-,11?/m1/s1. The second-order valence-electron chi connectivity index (χ2n) is 6.15. The number of nitrogens with one attached hydrogen (secondary N) is 1. The Hall–Kier alpha value is -1.47. The molecule has 1 heterocycles. The average molecular weight is 322 g/mol. The van der Waals surface area contributed by atoms with Crippen molar-refractivity contribution < 1.29 is 27.9 Å². The van der Waals surface area contributed by atoms with Gasteiger partial charge >= 0.3 is 18.2 Å². The zero-order valence-corrected chi connectivity index (χ0v) is 12.4. The number of urea groups is 1. The molecule has 2 N–H and O–H groups in total. The third kappa shape index (κ3) is 3.47. The third-order valence-electron chi connectivity index (χ3n) is 4.84. The molecule has 1 saturated heterocycles. The molecule has 2 fully saturated rings. The predicted octanol–water partition coefficient (Wildman–Crippen LogP) is 2.47. The zero-order chi connectivity index (χ0) is 16.5. The lowest BCUT2D eigenvalue weighted by Gasteiger charge is -2.24. The maximum atomic E-state index is 12.9. The molecule has 0 aromatic rings. The van der Waals surface area contributed by atoms with Crippen molar-refractivity contribution in [1.29, 1.82) is 0 Å². The van der Waals surface area contributed by atoms with Crippen molar-refractivity contribution >= 4 is 12.0 Å². The Kier molecular flexibility index (Phi) is 4.87. The molecule has 0 radical (unpaired) electrons. The molecule has 2 unspecified atom stereocenters. The number of halogens is 3. The average Bonchev–Trinajstić information content (AvgIpc) is 3.03. The van der Waals surface area contributed by atoms with E-state index in [2.05, 4.69) is 5.32 Å². The molecule has 2 rings (SSSR count). The fraction of sp³-hybridized carbons (Fsp3) is 0.857. The molecule has 2 aliphatic rings. The molecule has 126 valence electrons. The molecule has 8 heteroatoms. The first kappa shape index (κ1) is 16.9. The van der Waals surface area contributed by atoms with Gasteiger partial charge in [0.15, 0.2) is 0 Å². The second kappa shape index (κ2) is 6.34. The summed E-state index contributed by atoms with van der Waals surface area (Å²) >= 11 is 0. The first-order valence-electron chi connectivity index (χ1n) is 7.59. The van der Waals surface area contributed by atoms with Crippen LogP contribution >= 0.6 is 0 Å². The number of amides is 2. The summed E-state index contributed by atoms with van der Waals surface area (Å²) in [6.45, 7) is 1.04. The van der Waals surface area contributed by atoms with Crippen molar-refractivity contribution in [2.24, 2.45) is 17.8 Å². The van der Waals surface area contributed by atoms with Gasteiger partial charge in [-0.1, -0.05) is 19.8 Å². The van der Waals surface area contributed by atoms with Gasteiger partial charge in [-0.15, -0.1) is 0 Å². The van der Waals surface area contributed by atoms with Gasteiger partial charge in [0.05, 0.1) is 11.8 Å². The molecule has 1 aliphatic carbocycles. The van der Waals surface area contributed by atoms with Crippen LogP contribution in [0, 0.1) is 17.8 Å². The van der Waals surface area contributed by atoms with Gasteiger partial charge in [-0.3, -0.25) is 4.79 Å². The van der Waals surface area contributed by atoms with Gasteiger partial charge < -0.3 is 15.3 Å². The van der Waals surface area contributed by atoms with Crippen molar-refractivity contribution in [2.75, 3.05) is 13.1 Å². The van der Waals surface area contributed by atoms with Crippen molar-refractivity contribution in [2.45, 2.75) is 44.8 Å². The molecule has 22 heavy (non-hydrogen) atoms. The van der Waals surface area contributed by atoms with Gasteiger partial charge in [0.25, 0.3) is 0 Å². The number of aliphatic carboxylic acids is 1. The zero-order valence-electron chi connectivity index (χ0n) is 12.4. The highest BCUT2D eigenvalue weighted by Gasteiger charge is 2.53. The highest BCUT2D eigenvalue weighted by Crippen LogP contribution is 2.38. The number of carbonyl (C=O) groups is 2. The van der Waals surface area contributed by atoms with E-state index in [9.17, 15) is 22.8 Å². The Morgan fingerprint density at radius 2 is 1.95 bits per heavy atom. The molecular weight excluding hydrogens is 301 g/mol. The highest BCUT2D eigenvalue weighted by molar-refractivity contribution is 5.78. The summed E-state index contributed by atoms with van der Waals surface area (Å²) in [6.07, 6.45) is -0.884. The van der Waals surface area contributed by atoms with E-state index in [-0.39, 0.29) is 6.04 Å². The van der Waals surface area contributed by atoms with E-state index in [4.69, 9.17) is 5.11 Å². The number of hydrogen-bond acceptors (Lipinski definition) is 2. The van der Waals surface area contributed by atoms with Crippen LogP contribution in [0.3, 0.4) is 0 Å². The highest BCUT2D eigenvalue weighted by atomic mass is 19.4. The SMILES string of the molecule is CCC1CCCC1NC(=O)N1C[C@@H](C(F)(F)F)[C@H](C(=O)O)C1. The first-order valence-corrected chi connectivity index (χ1v) is 7.59. The first-order chi connectivity index (χ1) is 10.2. The van der Waals surface area contributed by atoms with Crippen molar-refractivity contribution in [3.63, 3.8) is 0 Å².